The Morgan fingerprint density at radius 2 is 2.38 bits per heavy atom. The summed E-state index contributed by atoms with van der Waals surface area (Å²) in [6, 6.07) is 3.97. The van der Waals surface area contributed by atoms with Crippen LogP contribution in [0.25, 0.3) is 0 Å². The quantitative estimate of drug-likeness (QED) is 0.938. The maximum atomic E-state index is 5.24. The number of methoxy groups -OCH3 is 1. The lowest BCUT2D eigenvalue weighted by Gasteiger charge is -2.06. The van der Waals surface area contributed by atoms with Crippen LogP contribution in [0.5, 0.6) is 5.75 Å². The number of nitrogens with one attached hydrogen (secondary N) is 1. The number of hydrogen-bond acceptors (Lipinski definition) is 4. The molecule has 0 unspecified atom stereocenters. The molecule has 2 rings (SSSR count). The van der Waals surface area contributed by atoms with E-state index in [4.69, 9.17) is 4.74 Å². The number of halogens is 1. The lowest BCUT2D eigenvalue weighted by molar-refractivity contribution is 0.413. The standard InChI is InChI=1S/C11H11BrN2OS/c1-15-10-2-3-16-11(10)7-14-9-4-8(12)5-13-6-9/h2-6,14H,7H2,1H3. The summed E-state index contributed by atoms with van der Waals surface area (Å²) >= 11 is 5.06. The minimum Gasteiger partial charge on any atom is -0.496 e. The Kier molecular flexibility index (Phi) is 3.79. The predicted octanol–water partition coefficient (Wildman–Crippen LogP) is 3.53. The molecular weight excluding hydrogens is 288 g/mol. The first-order valence-electron chi connectivity index (χ1n) is 4.74. The van der Waals surface area contributed by atoms with E-state index in [2.05, 4.69) is 26.2 Å². The summed E-state index contributed by atoms with van der Waals surface area (Å²) in [4.78, 5) is 5.27. The maximum Gasteiger partial charge on any atom is 0.134 e. The van der Waals surface area contributed by atoms with Crippen molar-refractivity contribution in [3.63, 3.8) is 0 Å². The molecule has 0 saturated heterocycles. The van der Waals surface area contributed by atoms with Gasteiger partial charge in [-0.25, -0.2) is 0 Å². The van der Waals surface area contributed by atoms with Gasteiger partial charge in [0.05, 0.1) is 30.4 Å². The minimum atomic E-state index is 0.749. The Labute approximate surface area is 107 Å². The Morgan fingerprint density at radius 1 is 1.50 bits per heavy atom. The summed E-state index contributed by atoms with van der Waals surface area (Å²) in [6.07, 6.45) is 3.56. The lowest BCUT2D eigenvalue weighted by Crippen LogP contribution is -1.99. The molecule has 84 valence electrons. The van der Waals surface area contributed by atoms with Crippen molar-refractivity contribution in [1.82, 2.24) is 4.98 Å². The Hall–Kier alpha value is -1.07. The van der Waals surface area contributed by atoms with Crippen molar-refractivity contribution in [2.75, 3.05) is 12.4 Å². The molecule has 1 N–H and O–H groups in total. The zero-order chi connectivity index (χ0) is 11.4. The van der Waals surface area contributed by atoms with Gasteiger partial charge in [-0.05, 0) is 33.4 Å². The Bertz CT molecular complexity index is 473. The van der Waals surface area contributed by atoms with Gasteiger partial charge in [-0.1, -0.05) is 0 Å². The normalized spacial score (nSPS) is 10.1. The van der Waals surface area contributed by atoms with Crippen molar-refractivity contribution in [1.29, 1.82) is 0 Å². The SMILES string of the molecule is COc1ccsc1CNc1cncc(Br)c1. The molecule has 16 heavy (non-hydrogen) atoms. The molecule has 0 bridgehead atoms. The van der Waals surface area contributed by atoms with Crippen LogP contribution in [0.1, 0.15) is 4.88 Å². The third-order valence-electron chi connectivity index (χ3n) is 2.08. The fourth-order valence-electron chi connectivity index (χ4n) is 1.33. The molecule has 0 aliphatic heterocycles. The minimum absolute atomic E-state index is 0.749. The van der Waals surface area contributed by atoms with Gasteiger partial charge >= 0.3 is 0 Å². The van der Waals surface area contributed by atoms with Crippen molar-refractivity contribution in [2.45, 2.75) is 6.54 Å². The van der Waals surface area contributed by atoms with Crippen LogP contribution in [-0.2, 0) is 6.54 Å². The smallest absolute Gasteiger partial charge is 0.134 e. The van der Waals surface area contributed by atoms with E-state index in [9.17, 15) is 0 Å². The van der Waals surface area contributed by atoms with Crippen molar-refractivity contribution in [3.8, 4) is 5.75 Å². The molecule has 2 aromatic rings. The van der Waals surface area contributed by atoms with Gasteiger partial charge in [-0.2, -0.15) is 0 Å². The maximum absolute atomic E-state index is 5.24. The summed E-state index contributed by atoms with van der Waals surface area (Å²) in [6.45, 7) is 0.749. The van der Waals surface area contributed by atoms with Gasteiger partial charge in [0, 0.05) is 10.7 Å². The number of hydrogen-bond donors (Lipinski definition) is 1. The van der Waals surface area contributed by atoms with Gasteiger partial charge in [0.25, 0.3) is 0 Å². The number of thiophene rings is 1. The largest absolute Gasteiger partial charge is 0.496 e. The third kappa shape index (κ3) is 2.74. The first-order valence-corrected chi connectivity index (χ1v) is 6.41. The van der Waals surface area contributed by atoms with Crippen LogP contribution < -0.4 is 10.1 Å². The monoisotopic (exact) mass is 298 g/mol. The third-order valence-corrected chi connectivity index (χ3v) is 3.42. The van der Waals surface area contributed by atoms with E-state index < -0.39 is 0 Å². The highest BCUT2D eigenvalue weighted by molar-refractivity contribution is 9.10. The molecule has 0 spiro atoms. The molecule has 2 aromatic heterocycles. The lowest BCUT2D eigenvalue weighted by atomic mass is 10.4. The highest BCUT2D eigenvalue weighted by Crippen LogP contribution is 2.25. The molecule has 0 amide bonds. The number of nitrogens with zero attached hydrogens (tertiary/aromatic N) is 1. The van der Waals surface area contributed by atoms with Crippen molar-refractivity contribution < 1.29 is 4.74 Å². The zero-order valence-electron chi connectivity index (χ0n) is 8.74. The summed E-state index contributed by atoms with van der Waals surface area (Å²) in [5, 5.41) is 5.32. The molecule has 3 nitrogen and oxygen atoms in total. The highest BCUT2D eigenvalue weighted by Gasteiger charge is 2.03. The number of ether oxygens (including phenoxy) is 1. The number of rotatable bonds is 4. The molecule has 2 heterocycles. The molecule has 0 aliphatic rings. The van der Waals surface area contributed by atoms with Crippen molar-refractivity contribution in [3.05, 3.63) is 39.3 Å². The van der Waals surface area contributed by atoms with Crippen LogP contribution in [0.3, 0.4) is 0 Å². The van der Waals surface area contributed by atoms with Gasteiger partial charge in [0.15, 0.2) is 0 Å². The summed E-state index contributed by atoms with van der Waals surface area (Å²) in [7, 11) is 1.69. The summed E-state index contributed by atoms with van der Waals surface area (Å²) in [5.41, 5.74) is 0.991. The van der Waals surface area contributed by atoms with Crippen LogP contribution in [0.2, 0.25) is 0 Å². The first-order chi connectivity index (χ1) is 7.79. The highest BCUT2D eigenvalue weighted by atomic mass is 79.9. The Morgan fingerprint density at radius 3 is 3.12 bits per heavy atom. The molecule has 5 heteroatoms. The topological polar surface area (TPSA) is 34.1 Å². The summed E-state index contributed by atoms with van der Waals surface area (Å²) < 4.78 is 6.21. The zero-order valence-corrected chi connectivity index (χ0v) is 11.1. The molecule has 0 fully saturated rings. The molecule has 0 radical (unpaired) electrons. The van der Waals surface area contributed by atoms with E-state index in [1.54, 1.807) is 30.8 Å². The molecular formula is C11H11BrN2OS. The average Bonchev–Trinajstić information content (AvgIpc) is 2.74. The van der Waals surface area contributed by atoms with E-state index in [-0.39, 0.29) is 0 Å². The van der Waals surface area contributed by atoms with Gasteiger partial charge < -0.3 is 10.1 Å². The van der Waals surface area contributed by atoms with Gasteiger partial charge in [0.1, 0.15) is 5.75 Å². The predicted molar refractivity (Wildman–Crippen MR) is 70.1 cm³/mol. The number of pyridine rings is 1. The van der Waals surface area contributed by atoms with Gasteiger partial charge in [0.2, 0.25) is 0 Å². The van der Waals surface area contributed by atoms with Crippen LogP contribution in [0.15, 0.2) is 34.4 Å². The van der Waals surface area contributed by atoms with Gasteiger partial charge in [-0.3, -0.25) is 4.98 Å². The van der Waals surface area contributed by atoms with Crippen LogP contribution in [0.4, 0.5) is 5.69 Å². The molecule has 0 aromatic carbocycles. The Balaban J connectivity index is 2.02. The van der Waals surface area contributed by atoms with Crippen molar-refractivity contribution >= 4 is 33.0 Å². The molecule has 0 atom stereocenters. The van der Waals surface area contributed by atoms with Crippen molar-refractivity contribution in [2.24, 2.45) is 0 Å². The van der Waals surface area contributed by atoms with E-state index >= 15 is 0 Å². The molecule has 0 saturated carbocycles. The fourth-order valence-corrected chi connectivity index (χ4v) is 2.47. The number of anilines is 1. The first kappa shape index (κ1) is 11.4. The average molecular weight is 299 g/mol. The van der Waals surface area contributed by atoms with Crippen LogP contribution >= 0.6 is 27.3 Å². The van der Waals surface area contributed by atoms with Crippen LogP contribution in [-0.4, -0.2) is 12.1 Å². The van der Waals surface area contributed by atoms with E-state index in [1.165, 1.54) is 4.88 Å². The second kappa shape index (κ2) is 5.32. The second-order valence-corrected chi connectivity index (χ2v) is 5.07. The van der Waals surface area contributed by atoms with Gasteiger partial charge in [-0.15, -0.1) is 11.3 Å². The second-order valence-electron chi connectivity index (χ2n) is 3.16. The van der Waals surface area contributed by atoms with E-state index in [1.807, 2.05) is 17.5 Å². The fraction of sp³-hybridized carbons (Fsp3) is 0.182. The van der Waals surface area contributed by atoms with Crippen LogP contribution in [0, 0.1) is 0 Å². The summed E-state index contributed by atoms with van der Waals surface area (Å²) in [5.74, 6) is 0.931. The number of aromatic nitrogens is 1. The van der Waals surface area contributed by atoms with E-state index in [0.29, 0.717) is 0 Å². The van der Waals surface area contributed by atoms with E-state index in [0.717, 1.165) is 22.5 Å². The molecule has 0 aliphatic carbocycles.